The molecule has 102 valence electrons. The highest BCUT2D eigenvalue weighted by Crippen LogP contribution is 2.27. The van der Waals surface area contributed by atoms with Crippen molar-refractivity contribution in [2.75, 3.05) is 0 Å². The van der Waals surface area contributed by atoms with Crippen molar-refractivity contribution in [2.24, 2.45) is 0 Å². The zero-order chi connectivity index (χ0) is 14.8. The van der Waals surface area contributed by atoms with Crippen LogP contribution in [0.25, 0.3) is 22.7 Å². The number of nitrogens with zero attached hydrogens (tertiary/aromatic N) is 2. The molecule has 2 aromatic carbocycles. The first-order valence-electron chi connectivity index (χ1n) is 6.10. The van der Waals surface area contributed by atoms with Crippen LogP contribution < -0.4 is 0 Å². The monoisotopic (exact) mass is 314 g/mol. The number of oxazole rings is 1. The van der Waals surface area contributed by atoms with Crippen LogP contribution in [0.1, 0.15) is 11.5 Å². The molecule has 0 saturated carbocycles. The van der Waals surface area contributed by atoms with Crippen molar-refractivity contribution in [2.45, 2.75) is 0 Å². The maximum Gasteiger partial charge on any atom is 0.238 e. The second-order valence-electron chi connectivity index (χ2n) is 4.32. The van der Waals surface area contributed by atoms with E-state index in [1.165, 1.54) is 0 Å². The molecule has 0 saturated heterocycles. The number of hydrogen-bond donors (Lipinski definition) is 0. The van der Waals surface area contributed by atoms with Crippen LogP contribution in [0.2, 0.25) is 10.0 Å². The van der Waals surface area contributed by atoms with E-state index in [0.717, 1.165) is 0 Å². The van der Waals surface area contributed by atoms with E-state index in [2.05, 4.69) is 11.1 Å². The standard InChI is InChI=1S/C16H8Cl2N2O/c17-12-6-5-10(13(18)8-12)7-11(9-19)16-20-14-3-1-2-4-15(14)21-16/h1-8H/b11-7+. The molecule has 21 heavy (non-hydrogen) atoms. The molecule has 0 fully saturated rings. The smallest absolute Gasteiger partial charge is 0.238 e. The highest BCUT2D eigenvalue weighted by molar-refractivity contribution is 6.35. The molecule has 0 aliphatic carbocycles. The van der Waals surface area contributed by atoms with Gasteiger partial charge in [0, 0.05) is 10.0 Å². The fourth-order valence-corrected chi connectivity index (χ4v) is 2.37. The molecule has 1 heterocycles. The van der Waals surface area contributed by atoms with Gasteiger partial charge in [-0.25, -0.2) is 4.98 Å². The van der Waals surface area contributed by atoms with Crippen LogP contribution >= 0.6 is 23.2 Å². The molecule has 3 rings (SSSR count). The van der Waals surface area contributed by atoms with Crippen molar-refractivity contribution >= 4 is 46.0 Å². The highest BCUT2D eigenvalue weighted by atomic mass is 35.5. The third kappa shape index (κ3) is 2.78. The van der Waals surface area contributed by atoms with Crippen molar-refractivity contribution < 1.29 is 4.42 Å². The first-order chi connectivity index (χ1) is 10.2. The van der Waals surface area contributed by atoms with Gasteiger partial charge in [-0.3, -0.25) is 0 Å². The van der Waals surface area contributed by atoms with Crippen molar-refractivity contribution in [3.05, 3.63) is 64.0 Å². The van der Waals surface area contributed by atoms with Gasteiger partial charge in [0.15, 0.2) is 5.58 Å². The Kier molecular flexibility index (Phi) is 3.66. The van der Waals surface area contributed by atoms with Crippen LogP contribution in [0.3, 0.4) is 0 Å². The number of halogens is 2. The normalized spacial score (nSPS) is 11.6. The lowest BCUT2D eigenvalue weighted by molar-refractivity contribution is 0.586. The third-order valence-corrected chi connectivity index (χ3v) is 3.47. The third-order valence-electron chi connectivity index (χ3n) is 2.91. The maximum atomic E-state index is 9.32. The zero-order valence-electron chi connectivity index (χ0n) is 10.7. The Labute approximate surface area is 131 Å². The van der Waals surface area contributed by atoms with Crippen LogP contribution in [0.5, 0.6) is 0 Å². The minimum absolute atomic E-state index is 0.268. The molecule has 3 nitrogen and oxygen atoms in total. The minimum Gasteiger partial charge on any atom is -0.435 e. The zero-order valence-corrected chi connectivity index (χ0v) is 12.2. The van der Waals surface area contributed by atoms with E-state index in [-0.39, 0.29) is 5.89 Å². The van der Waals surface area contributed by atoms with Gasteiger partial charge in [-0.2, -0.15) is 5.26 Å². The van der Waals surface area contributed by atoms with Crippen molar-refractivity contribution in [1.29, 1.82) is 5.26 Å². The topological polar surface area (TPSA) is 49.8 Å². The molecule has 0 N–H and O–H groups in total. The van der Waals surface area contributed by atoms with E-state index < -0.39 is 0 Å². The first kappa shape index (κ1) is 13.7. The van der Waals surface area contributed by atoms with Crippen LogP contribution in [0.4, 0.5) is 0 Å². The number of aromatic nitrogens is 1. The molecule has 0 aliphatic rings. The molecule has 3 aromatic rings. The van der Waals surface area contributed by atoms with Crippen molar-refractivity contribution in [3.63, 3.8) is 0 Å². The first-order valence-corrected chi connectivity index (χ1v) is 6.86. The van der Waals surface area contributed by atoms with Crippen LogP contribution in [-0.2, 0) is 0 Å². The summed E-state index contributed by atoms with van der Waals surface area (Å²) in [5, 5.41) is 10.3. The van der Waals surface area contributed by atoms with Gasteiger partial charge >= 0.3 is 0 Å². The lowest BCUT2D eigenvalue weighted by atomic mass is 10.1. The average Bonchev–Trinajstić information content (AvgIpc) is 2.90. The summed E-state index contributed by atoms with van der Waals surface area (Å²) in [5.41, 5.74) is 2.32. The molecule has 5 heteroatoms. The summed E-state index contributed by atoms with van der Waals surface area (Å²) in [6, 6.07) is 14.5. The molecule has 1 aromatic heterocycles. The summed E-state index contributed by atoms with van der Waals surface area (Å²) in [6.07, 6.45) is 1.63. The lowest BCUT2D eigenvalue weighted by Crippen LogP contribution is -1.83. The van der Waals surface area contributed by atoms with Crippen molar-refractivity contribution in [1.82, 2.24) is 4.98 Å². The Bertz CT molecular complexity index is 858. The van der Waals surface area contributed by atoms with E-state index in [1.54, 1.807) is 30.3 Å². The number of benzene rings is 2. The minimum atomic E-state index is 0.268. The number of para-hydroxylation sites is 2. The van der Waals surface area contributed by atoms with E-state index >= 15 is 0 Å². The average molecular weight is 315 g/mol. The number of nitriles is 1. The SMILES string of the molecule is N#C/C(=C\c1ccc(Cl)cc1Cl)c1nc2ccccc2o1. The van der Waals surface area contributed by atoms with Crippen LogP contribution in [0.15, 0.2) is 46.9 Å². The summed E-state index contributed by atoms with van der Waals surface area (Å²) >= 11 is 12.0. The predicted octanol–water partition coefficient (Wildman–Crippen LogP) is 5.20. The van der Waals surface area contributed by atoms with Crippen molar-refractivity contribution in [3.8, 4) is 6.07 Å². The summed E-state index contributed by atoms with van der Waals surface area (Å²) in [5.74, 6) is 0.268. The highest BCUT2D eigenvalue weighted by Gasteiger charge is 2.11. The van der Waals surface area contributed by atoms with Gasteiger partial charge < -0.3 is 4.42 Å². The summed E-state index contributed by atoms with van der Waals surface area (Å²) < 4.78 is 5.59. The van der Waals surface area contributed by atoms with E-state index in [0.29, 0.717) is 32.3 Å². The second kappa shape index (κ2) is 5.61. The fraction of sp³-hybridized carbons (Fsp3) is 0. The number of fused-ring (bicyclic) bond motifs is 1. The number of hydrogen-bond acceptors (Lipinski definition) is 3. The molecular formula is C16H8Cl2N2O. The quantitative estimate of drug-likeness (QED) is 0.611. The van der Waals surface area contributed by atoms with Crippen LogP contribution in [-0.4, -0.2) is 4.98 Å². The Morgan fingerprint density at radius 2 is 2.00 bits per heavy atom. The molecule has 0 aliphatic heterocycles. The largest absolute Gasteiger partial charge is 0.435 e. The molecule has 0 bridgehead atoms. The fourth-order valence-electron chi connectivity index (χ4n) is 1.90. The molecule has 0 atom stereocenters. The van der Waals surface area contributed by atoms with Gasteiger partial charge in [0.25, 0.3) is 0 Å². The van der Waals surface area contributed by atoms with Gasteiger partial charge in [-0.15, -0.1) is 0 Å². The Morgan fingerprint density at radius 3 is 2.71 bits per heavy atom. The predicted molar refractivity (Wildman–Crippen MR) is 84.0 cm³/mol. The van der Waals surface area contributed by atoms with E-state index in [1.807, 2.05) is 18.2 Å². The maximum absolute atomic E-state index is 9.32. The number of allylic oxidation sites excluding steroid dienone is 1. The van der Waals surface area contributed by atoms with E-state index in [9.17, 15) is 5.26 Å². The lowest BCUT2D eigenvalue weighted by Gasteiger charge is -1.99. The van der Waals surface area contributed by atoms with Gasteiger partial charge in [0.1, 0.15) is 17.2 Å². The van der Waals surface area contributed by atoms with Gasteiger partial charge in [0.2, 0.25) is 5.89 Å². The molecule has 0 amide bonds. The van der Waals surface area contributed by atoms with Gasteiger partial charge in [0.05, 0.1) is 0 Å². The van der Waals surface area contributed by atoms with E-state index in [4.69, 9.17) is 27.6 Å². The summed E-state index contributed by atoms with van der Waals surface area (Å²) in [7, 11) is 0. The second-order valence-corrected chi connectivity index (χ2v) is 5.17. The Hall–Kier alpha value is -2.28. The summed E-state index contributed by atoms with van der Waals surface area (Å²) in [4.78, 5) is 4.30. The Balaban J connectivity index is 2.09. The molecule has 0 spiro atoms. The number of rotatable bonds is 2. The van der Waals surface area contributed by atoms with Gasteiger partial charge in [-0.1, -0.05) is 41.4 Å². The molecule has 0 radical (unpaired) electrons. The molecule has 0 unspecified atom stereocenters. The van der Waals surface area contributed by atoms with Crippen LogP contribution in [0, 0.1) is 11.3 Å². The Morgan fingerprint density at radius 1 is 1.19 bits per heavy atom. The molecular weight excluding hydrogens is 307 g/mol. The van der Waals surface area contributed by atoms with Gasteiger partial charge in [-0.05, 0) is 35.9 Å². The summed E-state index contributed by atoms with van der Waals surface area (Å²) in [6.45, 7) is 0.